The summed E-state index contributed by atoms with van der Waals surface area (Å²) in [6.45, 7) is 0.785. The van der Waals surface area contributed by atoms with Crippen molar-refractivity contribution in [2.45, 2.75) is 30.3 Å². The normalized spacial score (nSPS) is 22.6. The predicted octanol–water partition coefficient (Wildman–Crippen LogP) is 1.17. The fourth-order valence-corrected chi connectivity index (χ4v) is 4.38. The van der Waals surface area contributed by atoms with E-state index < -0.39 is 33.9 Å². The molecule has 0 bridgehead atoms. The molecule has 12 heteroatoms. The summed E-state index contributed by atoms with van der Waals surface area (Å²) in [5.74, 6) is -6.01. The Labute approximate surface area is 152 Å². The highest BCUT2D eigenvalue weighted by Gasteiger charge is 2.61. The fraction of sp³-hybridized carbons (Fsp3) is 0.467. The van der Waals surface area contributed by atoms with Crippen molar-refractivity contribution in [3.05, 3.63) is 29.9 Å². The summed E-state index contributed by atoms with van der Waals surface area (Å²) in [4.78, 5) is 26.0. The second-order valence-electron chi connectivity index (χ2n) is 6.54. The summed E-state index contributed by atoms with van der Waals surface area (Å²) < 4.78 is 48.9. The van der Waals surface area contributed by atoms with E-state index in [0.29, 0.717) is 18.8 Å². The molecule has 1 fully saturated rings. The van der Waals surface area contributed by atoms with Gasteiger partial charge in [-0.3, -0.25) is 14.3 Å². The molecular weight excluding hydrogens is 384 g/mol. The molecule has 3 heterocycles. The second kappa shape index (κ2) is 5.94. The van der Waals surface area contributed by atoms with Gasteiger partial charge in [-0.05, 0) is 0 Å². The lowest BCUT2D eigenvalue weighted by Gasteiger charge is -2.27. The third kappa shape index (κ3) is 3.13. The van der Waals surface area contributed by atoms with Crippen molar-refractivity contribution in [2.75, 3.05) is 12.8 Å². The molecule has 2 aromatic heterocycles. The lowest BCUT2D eigenvalue weighted by Crippen LogP contribution is -2.39. The number of fused-ring (bicyclic) bond motifs is 1. The highest BCUT2D eigenvalue weighted by Crippen LogP contribution is 2.49. The molecule has 1 aliphatic heterocycles. The molecule has 0 saturated heterocycles. The molecule has 2 atom stereocenters. The van der Waals surface area contributed by atoms with Gasteiger partial charge in [-0.2, -0.15) is 9.46 Å². The molecule has 9 nitrogen and oxygen atoms in total. The van der Waals surface area contributed by atoms with E-state index in [0.717, 1.165) is 0 Å². The Balaban J connectivity index is 1.62. The third-order valence-electron chi connectivity index (χ3n) is 4.57. The van der Waals surface area contributed by atoms with Crippen LogP contribution in [0.2, 0.25) is 0 Å². The van der Waals surface area contributed by atoms with Crippen molar-refractivity contribution in [1.82, 2.24) is 19.8 Å². The SMILES string of the molecule is CS(=O)(=NC(=O)[C@@H]1CC1(F)F)c1cnn2c1CN(C(=O)c1ccon1)CC2. The smallest absolute Gasteiger partial charge is 0.276 e. The molecule has 2 aliphatic rings. The van der Waals surface area contributed by atoms with E-state index in [4.69, 9.17) is 0 Å². The molecule has 1 saturated carbocycles. The molecule has 0 spiro atoms. The molecule has 2 amide bonds. The van der Waals surface area contributed by atoms with Crippen LogP contribution in [0.3, 0.4) is 0 Å². The molecule has 0 aromatic carbocycles. The van der Waals surface area contributed by atoms with Crippen molar-refractivity contribution in [2.24, 2.45) is 10.3 Å². The zero-order valence-corrected chi connectivity index (χ0v) is 15.0. The van der Waals surface area contributed by atoms with Gasteiger partial charge in [-0.15, -0.1) is 0 Å². The van der Waals surface area contributed by atoms with Gasteiger partial charge < -0.3 is 9.42 Å². The van der Waals surface area contributed by atoms with Gasteiger partial charge in [-0.25, -0.2) is 13.0 Å². The van der Waals surface area contributed by atoms with Gasteiger partial charge in [0.15, 0.2) is 5.69 Å². The van der Waals surface area contributed by atoms with Crippen molar-refractivity contribution >= 4 is 21.5 Å². The number of halogens is 2. The van der Waals surface area contributed by atoms with Crippen LogP contribution >= 0.6 is 0 Å². The summed E-state index contributed by atoms with van der Waals surface area (Å²) in [6.07, 6.45) is 3.23. The molecule has 1 aliphatic carbocycles. The van der Waals surface area contributed by atoms with E-state index >= 15 is 0 Å². The number of carbonyl (C=O) groups excluding carboxylic acids is 2. The van der Waals surface area contributed by atoms with Crippen molar-refractivity contribution < 1.29 is 27.1 Å². The van der Waals surface area contributed by atoms with Crippen LogP contribution in [0, 0.1) is 5.92 Å². The Hall–Kier alpha value is -2.63. The maximum atomic E-state index is 13.1. The zero-order valence-electron chi connectivity index (χ0n) is 14.2. The van der Waals surface area contributed by atoms with Gasteiger partial charge >= 0.3 is 0 Å². The average Bonchev–Trinajstić information content (AvgIpc) is 3.04. The molecule has 4 rings (SSSR count). The van der Waals surface area contributed by atoms with Gasteiger partial charge in [0, 0.05) is 25.3 Å². The minimum absolute atomic E-state index is 0.0785. The second-order valence-corrected chi connectivity index (χ2v) is 8.77. The minimum Gasteiger partial charge on any atom is -0.364 e. The first-order chi connectivity index (χ1) is 12.7. The fourth-order valence-electron chi connectivity index (χ4n) is 2.96. The maximum Gasteiger partial charge on any atom is 0.276 e. The minimum atomic E-state index is -3.28. The number of amides is 2. The van der Waals surface area contributed by atoms with Crippen LogP contribution in [0.4, 0.5) is 8.78 Å². The third-order valence-corrected chi connectivity index (χ3v) is 6.26. The van der Waals surface area contributed by atoms with Crippen LogP contribution in [-0.4, -0.2) is 54.6 Å². The lowest BCUT2D eigenvalue weighted by atomic mass is 10.2. The number of carbonyl (C=O) groups is 2. The maximum absolute atomic E-state index is 13.1. The van der Waals surface area contributed by atoms with Gasteiger partial charge in [0.05, 0.1) is 39.6 Å². The van der Waals surface area contributed by atoms with E-state index in [1.54, 1.807) is 4.68 Å². The molecule has 27 heavy (non-hydrogen) atoms. The largest absolute Gasteiger partial charge is 0.364 e. The van der Waals surface area contributed by atoms with Crippen LogP contribution < -0.4 is 0 Å². The van der Waals surface area contributed by atoms with E-state index in [9.17, 15) is 22.6 Å². The van der Waals surface area contributed by atoms with E-state index in [-0.39, 0.29) is 23.0 Å². The number of nitrogens with zero attached hydrogens (tertiary/aromatic N) is 5. The van der Waals surface area contributed by atoms with Crippen LogP contribution in [0.5, 0.6) is 0 Å². The summed E-state index contributed by atoms with van der Waals surface area (Å²) >= 11 is 0. The first-order valence-electron chi connectivity index (χ1n) is 8.07. The van der Waals surface area contributed by atoms with Crippen LogP contribution in [-0.2, 0) is 27.6 Å². The highest BCUT2D eigenvalue weighted by atomic mass is 32.2. The molecule has 144 valence electrons. The first kappa shape index (κ1) is 17.8. The predicted molar refractivity (Wildman–Crippen MR) is 86.3 cm³/mol. The average molecular weight is 399 g/mol. The molecular formula is C15H15F2N5O4S. The standard InChI is InChI=1S/C15H15F2N5O4S/c1-27(25,20-13(23)9-6-15(9,16)17)12-7-18-22-4-3-21(8-11(12)22)14(24)10-2-5-26-19-10/h2,5,7,9H,3-4,6,8H2,1H3/t9-,27?/m0/s1. The number of rotatable bonds is 3. The quantitative estimate of drug-likeness (QED) is 0.766. The highest BCUT2D eigenvalue weighted by molar-refractivity contribution is 7.93. The Bertz CT molecular complexity index is 1040. The Morgan fingerprint density at radius 1 is 1.41 bits per heavy atom. The van der Waals surface area contributed by atoms with Crippen LogP contribution in [0.1, 0.15) is 22.6 Å². The van der Waals surface area contributed by atoms with Crippen molar-refractivity contribution in [1.29, 1.82) is 0 Å². The Morgan fingerprint density at radius 3 is 2.78 bits per heavy atom. The van der Waals surface area contributed by atoms with E-state index in [2.05, 4.69) is 19.1 Å². The van der Waals surface area contributed by atoms with Gasteiger partial charge in [0.1, 0.15) is 12.2 Å². The summed E-state index contributed by atoms with van der Waals surface area (Å²) in [7, 11) is -3.28. The number of hydrogen-bond donors (Lipinski definition) is 0. The zero-order chi connectivity index (χ0) is 19.4. The van der Waals surface area contributed by atoms with Crippen molar-refractivity contribution in [3.8, 4) is 0 Å². The van der Waals surface area contributed by atoms with Crippen LogP contribution in [0.25, 0.3) is 0 Å². The Morgan fingerprint density at radius 2 is 2.15 bits per heavy atom. The molecule has 1 unspecified atom stereocenters. The lowest BCUT2D eigenvalue weighted by molar-refractivity contribution is -0.120. The first-order valence-corrected chi connectivity index (χ1v) is 9.99. The summed E-state index contributed by atoms with van der Waals surface area (Å²) in [6, 6.07) is 1.43. The van der Waals surface area contributed by atoms with Crippen LogP contribution in [0.15, 0.2) is 32.3 Å². The van der Waals surface area contributed by atoms with Crippen molar-refractivity contribution in [3.63, 3.8) is 0 Å². The topological polar surface area (TPSA) is 111 Å². The Kier molecular flexibility index (Phi) is 3.91. The van der Waals surface area contributed by atoms with Gasteiger partial charge in [0.2, 0.25) is 0 Å². The van der Waals surface area contributed by atoms with Gasteiger partial charge in [-0.1, -0.05) is 5.16 Å². The number of hydrogen-bond acceptors (Lipinski definition) is 6. The molecule has 2 aromatic rings. The van der Waals surface area contributed by atoms with E-state index in [1.807, 2.05) is 0 Å². The number of alkyl halides is 2. The monoisotopic (exact) mass is 399 g/mol. The molecule has 0 radical (unpaired) electrons. The van der Waals surface area contributed by atoms with E-state index in [1.165, 1.54) is 29.7 Å². The van der Waals surface area contributed by atoms with Gasteiger partial charge in [0.25, 0.3) is 17.7 Å². The summed E-state index contributed by atoms with van der Waals surface area (Å²) in [5, 5.41) is 7.73. The molecule has 0 N–H and O–H groups in total. The summed E-state index contributed by atoms with van der Waals surface area (Å²) in [5.41, 5.74) is 0.585. The number of aromatic nitrogens is 3.